The van der Waals surface area contributed by atoms with E-state index < -0.39 is 0 Å². The molecule has 0 spiro atoms. The van der Waals surface area contributed by atoms with Crippen molar-refractivity contribution in [3.8, 4) is 12.1 Å². The van der Waals surface area contributed by atoms with Crippen LogP contribution in [-0.4, -0.2) is 72.7 Å². The molecule has 0 saturated carbocycles. The van der Waals surface area contributed by atoms with Gasteiger partial charge in [0.15, 0.2) is 0 Å². The van der Waals surface area contributed by atoms with Crippen LogP contribution in [0.4, 0.5) is 11.5 Å². The predicted octanol–water partition coefficient (Wildman–Crippen LogP) is 3.54. The van der Waals surface area contributed by atoms with Crippen molar-refractivity contribution in [3.63, 3.8) is 0 Å². The van der Waals surface area contributed by atoms with E-state index in [4.69, 9.17) is 26.3 Å². The molecule has 3 aliphatic heterocycles. The highest BCUT2D eigenvalue weighted by atomic mass is 35.5. The first-order valence-corrected chi connectivity index (χ1v) is 14.0. The van der Waals surface area contributed by atoms with Crippen LogP contribution < -0.4 is 19.9 Å². The smallest absolute Gasteiger partial charge is 0.318 e. The van der Waals surface area contributed by atoms with Crippen LogP contribution in [0.15, 0.2) is 36.4 Å². The SMILES string of the molecule is CN1C(=O)CC[C@H]1COc1nc2c(c(N3CCN[C@@H](CC#N)C3)n1)CCN(c1cccc3cccc(Cl)c13)C2. The second-order valence-corrected chi connectivity index (χ2v) is 10.9. The number of ether oxygens (including phenoxy) is 1. The van der Waals surface area contributed by atoms with Gasteiger partial charge in [-0.15, -0.1) is 0 Å². The predicted molar refractivity (Wildman–Crippen MR) is 151 cm³/mol. The molecule has 2 aromatic carbocycles. The Morgan fingerprint density at radius 2 is 2.00 bits per heavy atom. The average Bonchev–Trinajstić information content (AvgIpc) is 3.28. The molecule has 2 fully saturated rings. The third-order valence-corrected chi connectivity index (χ3v) is 8.44. The number of nitrogens with one attached hydrogen (secondary N) is 1. The van der Waals surface area contributed by atoms with E-state index in [0.29, 0.717) is 38.5 Å². The number of aromatic nitrogens is 2. The first-order valence-electron chi connectivity index (χ1n) is 13.6. The van der Waals surface area contributed by atoms with Crippen molar-refractivity contribution in [2.45, 2.75) is 44.3 Å². The normalized spacial score (nSPS) is 21.3. The van der Waals surface area contributed by atoms with Crippen molar-refractivity contribution in [1.29, 1.82) is 5.26 Å². The number of carbonyl (C=O) groups is 1. The Morgan fingerprint density at radius 3 is 2.79 bits per heavy atom. The van der Waals surface area contributed by atoms with Crippen LogP contribution in [0, 0.1) is 11.3 Å². The monoisotopic (exact) mass is 545 g/mol. The highest BCUT2D eigenvalue weighted by Crippen LogP contribution is 2.37. The maximum atomic E-state index is 12.0. The Hall–Kier alpha value is -3.61. The number of hydrogen-bond acceptors (Lipinski definition) is 8. The molecule has 9 nitrogen and oxygen atoms in total. The zero-order valence-corrected chi connectivity index (χ0v) is 22.8. The quantitative estimate of drug-likeness (QED) is 0.502. The fourth-order valence-electron chi connectivity index (χ4n) is 5.95. The van der Waals surface area contributed by atoms with Gasteiger partial charge in [-0.2, -0.15) is 15.2 Å². The topological polar surface area (TPSA) is 97.6 Å². The lowest BCUT2D eigenvalue weighted by Crippen LogP contribution is -2.51. The van der Waals surface area contributed by atoms with Crippen molar-refractivity contribution in [2.24, 2.45) is 0 Å². The number of anilines is 2. The number of benzene rings is 2. The number of carbonyl (C=O) groups excluding carboxylic acids is 1. The molecule has 0 radical (unpaired) electrons. The van der Waals surface area contributed by atoms with Crippen molar-refractivity contribution in [2.75, 3.05) is 49.6 Å². The number of piperazine rings is 1. The lowest BCUT2D eigenvalue weighted by atomic mass is 10.0. The summed E-state index contributed by atoms with van der Waals surface area (Å²) in [6, 6.07) is 15.0. The number of rotatable bonds is 6. The Bertz CT molecular complexity index is 1440. The van der Waals surface area contributed by atoms with Crippen LogP contribution in [0.2, 0.25) is 5.02 Å². The molecule has 10 heteroatoms. The summed E-state index contributed by atoms with van der Waals surface area (Å²) in [4.78, 5) is 28.2. The second kappa shape index (κ2) is 10.9. The van der Waals surface area contributed by atoms with Crippen molar-refractivity contribution >= 4 is 39.8 Å². The minimum atomic E-state index is 0.0223. The number of nitriles is 1. The van der Waals surface area contributed by atoms with Gasteiger partial charge in [-0.05, 0) is 30.4 Å². The molecule has 4 heterocycles. The molecule has 0 unspecified atom stereocenters. The van der Waals surface area contributed by atoms with Crippen LogP contribution in [0.5, 0.6) is 6.01 Å². The average molecular weight is 546 g/mol. The van der Waals surface area contributed by atoms with Gasteiger partial charge in [0.25, 0.3) is 0 Å². The highest BCUT2D eigenvalue weighted by Gasteiger charge is 2.31. The molecule has 0 bridgehead atoms. The van der Waals surface area contributed by atoms with Gasteiger partial charge >= 0.3 is 6.01 Å². The van der Waals surface area contributed by atoms with Gasteiger partial charge in [-0.25, -0.2) is 0 Å². The Balaban J connectivity index is 1.33. The number of hydrogen-bond donors (Lipinski definition) is 1. The molecule has 39 heavy (non-hydrogen) atoms. The molecule has 6 rings (SSSR count). The summed E-state index contributed by atoms with van der Waals surface area (Å²) in [6.07, 6.45) is 2.56. The Morgan fingerprint density at radius 1 is 1.15 bits per heavy atom. The molecule has 2 atom stereocenters. The molecule has 1 amide bonds. The third kappa shape index (κ3) is 5.07. The van der Waals surface area contributed by atoms with Crippen LogP contribution in [0.3, 0.4) is 0 Å². The van der Waals surface area contributed by atoms with Crippen molar-refractivity contribution < 1.29 is 9.53 Å². The minimum absolute atomic E-state index is 0.0223. The Labute approximate surface area is 233 Å². The molecule has 0 aliphatic carbocycles. The van der Waals surface area contributed by atoms with Crippen LogP contribution >= 0.6 is 11.6 Å². The zero-order valence-electron chi connectivity index (χ0n) is 22.1. The molecular formula is C29H32ClN7O2. The van der Waals surface area contributed by atoms with Crippen LogP contribution in [-0.2, 0) is 17.8 Å². The number of amides is 1. The van der Waals surface area contributed by atoms with Gasteiger partial charge in [0.1, 0.15) is 12.4 Å². The number of halogens is 1. The highest BCUT2D eigenvalue weighted by molar-refractivity contribution is 6.36. The molecule has 3 aromatic rings. The van der Waals surface area contributed by atoms with E-state index in [1.807, 2.05) is 19.2 Å². The van der Waals surface area contributed by atoms with E-state index in [2.05, 4.69) is 45.5 Å². The largest absolute Gasteiger partial charge is 0.461 e. The number of likely N-dealkylation sites (N-methyl/N-ethyl adjacent to an activating group) is 1. The van der Waals surface area contributed by atoms with Gasteiger partial charge in [0, 0.05) is 62.3 Å². The minimum Gasteiger partial charge on any atom is -0.461 e. The summed E-state index contributed by atoms with van der Waals surface area (Å²) in [5, 5.41) is 15.6. The number of likely N-dealkylation sites (tertiary alicyclic amines) is 1. The van der Waals surface area contributed by atoms with E-state index in [1.54, 1.807) is 4.90 Å². The van der Waals surface area contributed by atoms with E-state index in [-0.39, 0.29) is 18.0 Å². The lowest BCUT2D eigenvalue weighted by molar-refractivity contribution is -0.127. The first kappa shape index (κ1) is 25.7. The van der Waals surface area contributed by atoms with Crippen molar-refractivity contribution in [1.82, 2.24) is 20.2 Å². The fraction of sp³-hybridized carbons (Fsp3) is 0.448. The van der Waals surface area contributed by atoms with Crippen LogP contribution in [0.1, 0.15) is 30.5 Å². The summed E-state index contributed by atoms with van der Waals surface area (Å²) < 4.78 is 6.16. The van der Waals surface area contributed by atoms with Gasteiger partial charge in [0.2, 0.25) is 5.91 Å². The number of fused-ring (bicyclic) bond motifs is 2. The van der Waals surface area contributed by atoms with E-state index in [1.165, 1.54) is 0 Å². The van der Waals surface area contributed by atoms with Gasteiger partial charge in [-0.3, -0.25) is 4.79 Å². The summed E-state index contributed by atoms with van der Waals surface area (Å²) in [7, 11) is 1.83. The molecule has 202 valence electrons. The van der Waals surface area contributed by atoms with Crippen molar-refractivity contribution in [3.05, 3.63) is 52.7 Å². The maximum Gasteiger partial charge on any atom is 0.318 e. The lowest BCUT2D eigenvalue weighted by Gasteiger charge is -2.37. The van der Waals surface area contributed by atoms with Gasteiger partial charge in [-0.1, -0.05) is 35.9 Å². The van der Waals surface area contributed by atoms with Gasteiger partial charge in [0.05, 0.1) is 35.8 Å². The molecule has 1 N–H and O–H groups in total. The maximum absolute atomic E-state index is 12.0. The zero-order chi connectivity index (χ0) is 26.9. The molecule has 2 saturated heterocycles. The fourth-order valence-corrected chi connectivity index (χ4v) is 6.23. The molecular weight excluding hydrogens is 514 g/mol. The Kier molecular flexibility index (Phi) is 7.15. The summed E-state index contributed by atoms with van der Waals surface area (Å²) in [5.74, 6) is 1.04. The molecule has 3 aliphatic rings. The van der Waals surface area contributed by atoms with Crippen LogP contribution in [0.25, 0.3) is 10.8 Å². The summed E-state index contributed by atoms with van der Waals surface area (Å²) in [5.41, 5.74) is 3.17. The van der Waals surface area contributed by atoms with E-state index in [9.17, 15) is 10.1 Å². The summed E-state index contributed by atoms with van der Waals surface area (Å²) in [6.45, 7) is 4.09. The standard InChI is InChI=1S/C29H32ClN7O2/c1-35-21(8-9-26(35)38)18-39-29-33-24-17-36(25-7-3-5-19-4-2-6-23(30)27(19)25)14-11-22(24)28(34-29)37-15-13-32-20(16-37)10-12-31/h2-7,20-21,32H,8-11,13-18H2,1H3/t20-,21-/m0/s1. The van der Waals surface area contributed by atoms with E-state index in [0.717, 1.165) is 71.0 Å². The number of nitrogens with zero attached hydrogens (tertiary/aromatic N) is 6. The van der Waals surface area contributed by atoms with E-state index >= 15 is 0 Å². The molecule has 1 aromatic heterocycles. The summed E-state index contributed by atoms with van der Waals surface area (Å²) >= 11 is 6.66. The van der Waals surface area contributed by atoms with Gasteiger partial charge < -0.3 is 24.8 Å². The first-order chi connectivity index (χ1) is 19.0. The second-order valence-electron chi connectivity index (χ2n) is 10.5. The third-order valence-electron chi connectivity index (χ3n) is 8.13.